The van der Waals surface area contributed by atoms with Crippen LogP contribution >= 0.6 is 39.1 Å². The molecule has 1 heterocycles. The summed E-state index contributed by atoms with van der Waals surface area (Å²) in [5.41, 5.74) is 0.792. The maximum Gasteiger partial charge on any atom is 0.206 e. The van der Waals surface area contributed by atoms with E-state index in [2.05, 4.69) is 22.9 Å². The van der Waals surface area contributed by atoms with Crippen molar-refractivity contribution >= 4 is 39.1 Å². The summed E-state index contributed by atoms with van der Waals surface area (Å²) in [5, 5.41) is 1.71. The molecule has 1 aliphatic rings. The second-order valence-corrected chi connectivity index (χ2v) is 6.95. The largest absolute Gasteiger partial charge is 0.457 e. The van der Waals surface area contributed by atoms with Crippen molar-refractivity contribution in [1.82, 2.24) is 0 Å². The van der Waals surface area contributed by atoms with Gasteiger partial charge in [-0.3, -0.25) is 0 Å². The molecule has 0 radical (unpaired) electrons. The van der Waals surface area contributed by atoms with Crippen LogP contribution in [0.4, 0.5) is 0 Å². The van der Waals surface area contributed by atoms with Gasteiger partial charge in [0.1, 0.15) is 11.5 Å². The van der Waals surface area contributed by atoms with Crippen molar-refractivity contribution in [3.63, 3.8) is 0 Å². The Bertz CT molecular complexity index is 708. The standard InChI is InChI=1S/C18H17BrCl2O3/c1-2-13-10-22-18(11-19,24-13)16-8-7-15(9-17(16)21)23-14-5-3-12(20)4-6-14/h3-9,13H,2,10-11H2,1H3. The molecule has 2 atom stereocenters. The van der Waals surface area contributed by atoms with Crippen molar-refractivity contribution in [2.75, 3.05) is 11.9 Å². The first kappa shape index (κ1) is 18.0. The summed E-state index contributed by atoms with van der Waals surface area (Å²) in [4.78, 5) is 0. The highest BCUT2D eigenvalue weighted by atomic mass is 79.9. The van der Waals surface area contributed by atoms with Crippen LogP contribution in [0.5, 0.6) is 11.5 Å². The molecular formula is C18H17BrCl2O3. The topological polar surface area (TPSA) is 27.7 Å². The van der Waals surface area contributed by atoms with Gasteiger partial charge >= 0.3 is 0 Å². The number of hydrogen-bond acceptors (Lipinski definition) is 3. The van der Waals surface area contributed by atoms with E-state index < -0.39 is 5.79 Å². The predicted octanol–water partition coefficient (Wildman–Crippen LogP) is 6.16. The van der Waals surface area contributed by atoms with Crippen molar-refractivity contribution in [1.29, 1.82) is 0 Å². The first-order valence-corrected chi connectivity index (χ1v) is 9.55. The SMILES string of the molecule is CCC1COC(CBr)(c2ccc(Oc3ccc(Cl)cc3)cc2Cl)O1. The zero-order valence-corrected chi connectivity index (χ0v) is 16.2. The van der Waals surface area contributed by atoms with Crippen molar-refractivity contribution in [3.8, 4) is 11.5 Å². The molecule has 0 aliphatic carbocycles. The van der Waals surface area contributed by atoms with Crippen molar-refractivity contribution < 1.29 is 14.2 Å². The highest BCUT2D eigenvalue weighted by molar-refractivity contribution is 9.09. The Labute approximate surface area is 159 Å². The molecular weight excluding hydrogens is 415 g/mol. The minimum Gasteiger partial charge on any atom is -0.457 e. The maximum atomic E-state index is 6.48. The number of ether oxygens (including phenoxy) is 3. The number of rotatable bonds is 5. The zero-order valence-electron chi connectivity index (χ0n) is 13.1. The summed E-state index contributed by atoms with van der Waals surface area (Å²) < 4.78 is 17.8. The smallest absolute Gasteiger partial charge is 0.206 e. The fourth-order valence-corrected chi connectivity index (χ4v) is 3.59. The number of alkyl halides is 1. The molecule has 6 heteroatoms. The molecule has 1 saturated heterocycles. The second-order valence-electron chi connectivity index (χ2n) is 5.54. The van der Waals surface area contributed by atoms with Crippen LogP contribution in [0.3, 0.4) is 0 Å². The fraction of sp³-hybridized carbons (Fsp3) is 0.333. The monoisotopic (exact) mass is 430 g/mol. The molecule has 3 rings (SSSR count). The lowest BCUT2D eigenvalue weighted by molar-refractivity contribution is -0.156. The van der Waals surface area contributed by atoms with E-state index in [1.807, 2.05) is 12.1 Å². The van der Waals surface area contributed by atoms with E-state index in [1.165, 1.54) is 0 Å². The summed E-state index contributed by atoms with van der Waals surface area (Å²) in [6.07, 6.45) is 0.966. The third-order valence-electron chi connectivity index (χ3n) is 3.89. The Balaban J connectivity index is 1.83. The molecule has 0 spiro atoms. The third kappa shape index (κ3) is 3.73. The summed E-state index contributed by atoms with van der Waals surface area (Å²) in [5.74, 6) is 0.481. The molecule has 2 aromatic rings. The van der Waals surface area contributed by atoms with Crippen LogP contribution < -0.4 is 4.74 Å². The molecule has 2 aromatic carbocycles. The Morgan fingerprint density at radius 1 is 1.17 bits per heavy atom. The minimum atomic E-state index is -0.851. The maximum absolute atomic E-state index is 6.48. The van der Waals surface area contributed by atoms with Crippen LogP contribution in [0.1, 0.15) is 18.9 Å². The van der Waals surface area contributed by atoms with Crippen LogP contribution in [0.2, 0.25) is 10.0 Å². The van der Waals surface area contributed by atoms with Crippen LogP contribution in [-0.2, 0) is 15.3 Å². The van der Waals surface area contributed by atoms with Gasteiger partial charge in [-0.15, -0.1) is 0 Å². The predicted molar refractivity (Wildman–Crippen MR) is 99.6 cm³/mol. The lowest BCUT2D eigenvalue weighted by atomic mass is 10.1. The van der Waals surface area contributed by atoms with Crippen molar-refractivity contribution in [2.45, 2.75) is 25.2 Å². The van der Waals surface area contributed by atoms with Crippen molar-refractivity contribution in [2.24, 2.45) is 0 Å². The van der Waals surface area contributed by atoms with Gasteiger partial charge in [0.2, 0.25) is 5.79 Å². The average Bonchev–Trinajstić information content (AvgIpc) is 3.02. The normalized spacial score (nSPS) is 23.4. The fourth-order valence-electron chi connectivity index (χ4n) is 2.56. The summed E-state index contributed by atoms with van der Waals surface area (Å²) >= 11 is 15.8. The second kappa shape index (κ2) is 7.63. The van der Waals surface area contributed by atoms with Crippen LogP contribution in [-0.4, -0.2) is 18.0 Å². The molecule has 0 aromatic heterocycles. The number of hydrogen-bond donors (Lipinski definition) is 0. The van der Waals surface area contributed by atoms with Crippen molar-refractivity contribution in [3.05, 3.63) is 58.1 Å². The Kier molecular flexibility index (Phi) is 5.73. The van der Waals surface area contributed by atoms with Crippen LogP contribution in [0.25, 0.3) is 0 Å². The van der Waals surface area contributed by atoms with Gasteiger partial charge in [-0.1, -0.05) is 46.1 Å². The summed E-state index contributed by atoms with van der Waals surface area (Å²) in [6, 6.07) is 12.7. The van der Waals surface area contributed by atoms with Gasteiger partial charge < -0.3 is 14.2 Å². The van der Waals surface area contributed by atoms with E-state index >= 15 is 0 Å². The van der Waals surface area contributed by atoms with Gasteiger partial charge in [0.15, 0.2) is 0 Å². The van der Waals surface area contributed by atoms with Crippen LogP contribution in [0, 0.1) is 0 Å². The lowest BCUT2D eigenvalue weighted by Crippen LogP contribution is -2.30. The Morgan fingerprint density at radius 2 is 1.88 bits per heavy atom. The molecule has 0 bridgehead atoms. The molecule has 0 saturated carbocycles. The van der Waals surface area contributed by atoms with E-state index in [0.717, 1.165) is 12.0 Å². The van der Waals surface area contributed by atoms with Gasteiger partial charge in [0.25, 0.3) is 0 Å². The highest BCUT2D eigenvalue weighted by Crippen LogP contribution is 2.41. The van der Waals surface area contributed by atoms with Crippen LogP contribution in [0.15, 0.2) is 42.5 Å². The third-order valence-corrected chi connectivity index (χ3v) is 5.19. The van der Waals surface area contributed by atoms with E-state index in [9.17, 15) is 0 Å². The molecule has 24 heavy (non-hydrogen) atoms. The zero-order chi connectivity index (χ0) is 17.2. The molecule has 3 nitrogen and oxygen atoms in total. The van der Waals surface area contributed by atoms with E-state index in [-0.39, 0.29) is 6.10 Å². The van der Waals surface area contributed by atoms with Gasteiger partial charge in [0.05, 0.1) is 23.1 Å². The lowest BCUT2D eigenvalue weighted by Gasteiger charge is -2.27. The molecule has 0 amide bonds. The van der Waals surface area contributed by atoms with Gasteiger partial charge in [-0.2, -0.15) is 0 Å². The molecule has 2 unspecified atom stereocenters. The first-order chi connectivity index (χ1) is 11.6. The van der Waals surface area contributed by atoms with E-state index in [0.29, 0.717) is 33.5 Å². The Hall–Kier alpha value is -0.780. The van der Waals surface area contributed by atoms with E-state index in [1.54, 1.807) is 30.3 Å². The van der Waals surface area contributed by atoms with Gasteiger partial charge in [0, 0.05) is 10.6 Å². The summed E-state index contributed by atoms with van der Waals surface area (Å²) in [6.45, 7) is 2.63. The number of benzene rings is 2. The van der Waals surface area contributed by atoms with Gasteiger partial charge in [-0.05, 0) is 48.9 Å². The van der Waals surface area contributed by atoms with Gasteiger partial charge in [-0.25, -0.2) is 0 Å². The van der Waals surface area contributed by atoms with E-state index in [4.69, 9.17) is 37.4 Å². The first-order valence-electron chi connectivity index (χ1n) is 7.67. The minimum absolute atomic E-state index is 0.0728. The molecule has 128 valence electrons. The molecule has 0 N–H and O–H groups in total. The molecule has 1 fully saturated rings. The highest BCUT2D eigenvalue weighted by Gasteiger charge is 2.43. The average molecular weight is 432 g/mol. The summed E-state index contributed by atoms with van der Waals surface area (Å²) in [7, 11) is 0. The number of halogens is 3. The quantitative estimate of drug-likeness (QED) is 0.530. The molecule has 1 aliphatic heterocycles. The Morgan fingerprint density at radius 3 is 2.46 bits per heavy atom.